The number of nitrogens with zero attached hydrogens (tertiary/aromatic N) is 3. The number of amides is 2. The quantitative estimate of drug-likeness (QED) is 0.383. The zero-order valence-corrected chi connectivity index (χ0v) is 22.9. The van der Waals surface area contributed by atoms with Crippen LogP contribution in [0.25, 0.3) is 0 Å². The summed E-state index contributed by atoms with van der Waals surface area (Å²) < 4.78 is 33.9. The van der Waals surface area contributed by atoms with Crippen LogP contribution in [0, 0.1) is 5.92 Å². The van der Waals surface area contributed by atoms with Gasteiger partial charge < -0.3 is 14.8 Å². The van der Waals surface area contributed by atoms with E-state index in [1.165, 1.54) is 24.3 Å². The minimum absolute atomic E-state index is 0.156. The molecule has 1 aliphatic heterocycles. The maximum atomic E-state index is 13.9. The van der Waals surface area contributed by atoms with E-state index in [0.29, 0.717) is 30.6 Å². The van der Waals surface area contributed by atoms with Gasteiger partial charge in [0.2, 0.25) is 11.8 Å². The van der Waals surface area contributed by atoms with Gasteiger partial charge in [0.1, 0.15) is 16.2 Å². The number of rotatable bonds is 10. The van der Waals surface area contributed by atoms with Crippen molar-refractivity contribution >= 4 is 21.9 Å². The van der Waals surface area contributed by atoms with Gasteiger partial charge >= 0.3 is 0 Å². The van der Waals surface area contributed by atoms with Crippen molar-refractivity contribution in [2.24, 2.45) is 5.92 Å². The van der Waals surface area contributed by atoms with E-state index in [4.69, 9.17) is 4.98 Å². The van der Waals surface area contributed by atoms with Crippen LogP contribution in [0.3, 0.4) is 0 Å². The van der Waals surface area contributed by atoms with Gasteiger partial charge in [-0.1, -0.05) is 56.3 Å². The van der Waals surface area contributed by atoms with Crippen LogP contribution >= 0.6 is 0 Å². The molecule has 39 heavy (non-hydrogen) atoms. The summed E-state index contributed by atoms with van der Waals surface area (Å²) in [4.78, 5) is 37.4. The third kappa shape index (κ3) is 7.27. The summed E-state index contributed by atoms with van der Waals surface area (Å²) >= 11 is 0. The molecule has 2 aromatic carbocycles. The Hall–Kier alpha value is -3.63. The van der Waals surface area contributed by atoms with Crippen LogP contribution in [0.5, 0.6) is 0 Å². The maximum Gasteiger partial charge on any atom is 0.246 e. The minimum Gasteiger partial charge on any atom is -0.744 e. The molecular formula is C29H33N4O5S-. The summed E-state index contributed by atoms with van der Waals surface area (Å²) in [5.41, 5.74) is 3.27. The molecule has 0 radical (unpaired) electrons. The fourth-order valence-corrected chi connectivity index (χ4v) is 5.21. The predicted molar refractivity (Wildman–Crippen MR) is 144 cm³/mol. The largest absolute Gasteiger partial charge is 0.744 e. The Kier molecular flexibility index (Phi) is 9.08. The molecule has 0 spiro atoms. The molecule has 3 aromatic rings. The molecule has 1 aromatic heterocycles. The monoisotopic (exact) mass is 549 g/mol. The zero-order chi connectivity index (χ0) is 28.0. The van der Waals surface area contributed by atoms with Gasteiger partial charge in [0.25, 0.3) is 0 Å². The topological polar surface area (TPSA) is 132 Å². The van der Waals surface area contributed by atoms with E-state index in [9.17, 15) is 22.6 Å². The second-order valence-electron chi connectivity index (χ2n) is 9.96. The van der Waals surface area contributed by atoms with Crippen molar-refractivity contribution < 1.29 is 22.6 Å². The van der Waals surface area contributed by atoms with Gasteiger partial charge in [0.05, 0.1) is 28.5 Å². The number of likely N-dealkylation sites (tertiary alicyclic amines) is 1. The molecule has 0 aliphatic carbocycles. The Morgan fingerprint density at radius 3 is 2.46 bits per heavy atom. The molecule has 0 unspecified atom stereocenters. The molecule has 4 rings (SSSR count). The number of hydrogen-bond donors (Lipinski definition) is 1. The molecule has 0 bridgehead atoms. The van der Waals surface area contributed by atoms with Crippen molar-refractivity contribution in [2.75, 3.05) is 6.54 Å². The molecule has 1 fully saturated rings. The van der Waals surface area contributed by atoms with Crippen LogP contribution in [0.1, 0.15) is 61.7 Å². The van der Waals surface area contributed by atoms with E-state index in [1.807, 2.05) is 37.3 Å². The lowest BCUT2D eigenvalue weighted by Gasteiger charge is -2.30. The number of carbonyl (C=O) groups excluding carboxylic acids is 2. The molecule has 1 N–H and O–H groups in total. The van der Waals surface area contributed by atoms with E-state index >= 15 is 0 Å². The summed E-state index contributed by atoms with van der Waals surface area (Å²) in [5.74, 6) is -0.733. The molecule has 2 amide bonds. The standard InChI is InChI=1S/C29H34N4O5S/c1-3-20(2)28(34)32-25(17-22-11-13-24(14-12-22)39(36,37)38)29(35)33-15-7-10-27(33)26-19-30-18-23(31-26)16-21-8-5-4-6-9-21/h4-6,8-9,11-14,18-20,25,27H,3,7,10,15-17H2,1-2H3,(H,32,34)(H,36,37,38)/p-1/t20-,25+,27-/m1/s1. The maximum absolute atomic E-state index is 13.9. The van der Waals surface area contributed by atoms with Crippen LogP contribution < -0.4 is 5.32 Å². The molecule has 206 valence electrons. The summed E-state index contributed by atoms with van der Waals surface area (Å²) in [5, 5.41) is 2.91. The van der Waals surface area contributed by atoms with Crippen LogP contribution in [0.4, 0.5) is 0 Å². The number of carbonyl (C=O) groups is 2. The first-order valence-corrected chi connectivity index (χ1v) is 14.6. The zero-order valence-electron chi connectivity index (χ0n) is 22.1. The van der Waals surface area contributed by atoms with Crippen LogP contribution in [-0.4, -0.2) is 52.2 Å². The summed E-state index contributed by atoms with van der Waals surface area (Å²) in [6, 6.07) is 14.3. The smallest absolute Gasteiger partial charge is 0.246 e. The van der Waals surface area contributed by atoms with Gasteiger partial charge in [-0.15, -0.1) is 0 Å². The van der Waals surface area contributed by atoms with Gasteiger partial charge in [-0.2, -0.15) is 0 Å². The van der Waals surface area contributed by atoms with Crippen molar-refractivity contribution in [1.29, 1.82) is 0 Å². The van der Waals surface area contributed by atoms with Gasteiger partial charge in [0, 0.05) is 31.5 Å². The first-order valence-electron chi connectivity index (χ1n) is 13.2. The van der Waals surface area contributed by atoms with Crippen molar-refractivity contribution in [1.82, 2.24) is 20.2 Å². The third-order valence-corrected chi connectivity index (χ3v) is 7.98. The van der Waals surface area contributed by atoms with E-state index in [2.05, 4.69) is 10.3 Å². The predicted octanol–water partition coefficient (Wildman–Crippen LogP) is 3.41. The van der Waals surface area contributed by atoms with Crippen LogP contribution in [0.15, 0.2) is 71.9 Å². The van der Waals surface area contributed by atoms with Crippen molar-refractivity contribution in [3.63, 3.8) is 0 Å². The van der Waals surface area contributed by atoms with Gasteiger partial charge in [-0.05, 0) is 42.5 Å². The fourth-order valence-electron chi connectivity index (χ4n) is 4.74. The van der Waals surface area contributed by atoms with Crippen LogP contribution in [0.2, 0.25) is 0 Å². The minimum atomic E-state index is -4.58. The lowest BCUT2D eigenvalue weighted by molar-refractivity contribution is -0.138. The SMILES string of the molecule is CC[C@@H](C)C(=O)N[C@@H](Cc1ccc(S(=O)(=O)[O-])cc1)C(=O)N1CCC[C@@H]1c1cncc(Cc2ccccc2)n1. The van der Waals surface area contributed by atoms with Gasteiger partial charge in [0.15, 0.2) is 0 Å². The molecule has 0 saturated carbocycles. The highest BCUT2D eigenvalue weighted by Gasteiger charge is 2.36. The van der Waals surface area contributed by atoms with Gasteiger partial charge in [-0.25, -0.2) is 8.42 Å². The molecule has 1 saturated heterocycles. The van der Waals surface area contributed by atoms with Crippen molar-refractivity contribution in [3.05, 3.63) is 89.5 Å². The Balaban J connectivity index is 1.56. The average Bonchev–Trinajstić information content (AvgIpc) is 3.42. The Labute approximate surface area is 229 Å². The van der Waals surface area contributed by atoms with Crippen molar-refractivity contribution in [2.45, 2.75) is 62.9 Å². The Bertz CT molecular complexity index is 1400. The third-order valence-electron chi connectivity index (χ3n) is 7.13. The molecule has 2 heterocycles. The molecule has 10 heteroatoms. The van der Waals surface area contributed by atoms with Crippen molar-refractivity contribution in [3.8, 4) is 0 Å². The summed E-state index contributed by atoms with van der Waals surface area (Å²) in [6.07, 6.45) is 6.37. The van der Waals surface area contributed by atoms with Crippen LogP contribution in [-0.2, 0) is 32.5 Å². The highest BCUT2D eigenvalue weighted by atomic mass is 32.2. The van der Waals surface area contributed by atoms with E-state index in [-0.39, 0.29) is 35.1 Å². The van der Waals surface area contributed by atoms with Gasteiger partial charge in [-0.3, -0.25) is 19.6 Å². The number of nitrogens with one attached hydrogen (secondary N) is 1. The van der Waals surface area contributed by atoms with E-state index in [0.717, 1.165) is 24.1 Å². The normalized spacial score (nSPS) is 17.0. The highest BCUT2D eigenvalue weighted by molar-refractivity contribution is 7.85. The molecule has 1 aliphatic rings. The molecule has 3 atom stereocenters. The Morgan fingerprint density at radius 1 is 1.08 bits per heavy atom. The number of benzene rings is 2. The first kappa shape index (κ1) is 28.4. The van der Waals surface area contributed by atoms with E-state index in [1.54, 1.807) is 24.2 Å². The van der Waals surface area contributed by atoms with E-state index < -0.39 is 16.2 Å². The molecular weight excluding hydrogens is 516 g/mol. The lowest BCUT2D eigenvalue weighted by atomic mass is 10.0. The fraction of sp³-hybridized carbons (Fsp3) is 0.379. The second kappa shape index (κ2) is 12.5. The second-order valence-corrected chi connectivity index (χ2v) is 11.3. The first-order chi connectivity index (χ1) is 18.7. The summed E-state index contributed by atoms with van der Waals surface area (Å²) in [7, 11) is -4.58. The lowest BCUT2D eigenvalue weighted by Crippen LogP contribution is -2.50. The number of aromatic nitrogens is 2. The Morgan fingerprint density at radius 2 is 1.79 bits per heavy atom. The summed E-state index contributed by atoms with van der Waals surface area (Å²) in [6.45, 7) is 4.23. The number of hydrogen-bond acceptors (Lipinski definition) is 7. The highest BCUT2D eigenvalue weighted by Crippen LogP contribution is 2.31. The average molecular weight is 550 g/mol. The molecule has 9 nitrogen and oxygen atoms in total.